The molecule has 0 spiro atoms. The second kappa shape index (κ2) is 6.93. The monoisotopic (exact) mass is 372 g/mol. The number of hydrogen-bond donors (Lipinski definition) is 1. The number of halogens is 8. The molecule has 1 unspecified atom stereocenters. The quantitative estimate of drug-likeness (QED) is 0.420. The van der Waals surface area contributed by atoms with Crippen molar-refractivity contribution in [3.63, 3.8) is 0 Å². The molecule has 0 aliphatic heterocycles. The molecule has 0 aromatic carbocycles. The van der Waals surface area contributed by atoms with Crippen molar-refractivity contribution in [3.8, 4) is 0 Å². The summed E-state index contributed by atoms with van der Waals surface area (Å²) in [4.78, 5) is 20.9. The van der Waals surface area contributed by atoms with E-state index in [0.717, 1.165) is 0 Å². The Bertz CT molecular complexity index is 512. The zero-order valence-electron chi connectivity index (χ0n) is 12.1. The van der Waals surface area contributed by atoms with Gasteiger partial charge in [-0.05, 0) is 5.92 Å². The van der Waals surface area contributed by atoms with Gasteiger partial charge >= 0.3 is 30.1 Å². The SMILES string of the molecule is CC(C)C(F)(CC(F)(F)F)C(F)(F)C(F)(F)OC(=O)C=CC(=O)O. The number of carbonyl (C=O) groups is 2. The van der Waals surface area contributed by atoms with Gasteiger partial charge in [0.2, 0.25) is 0 Å². The second-order valence-corrected chi connectivity index (χ2v) is 4.99. The van der Waals surface area contributed by atoms with Crippen LogP contribution in [0, 0.1) is 5.92 Å². The van der Waals surface area contributed by atoms with Crippen molar-refractivity contribution in [2.45, 2.75) is 44.1 Å². The number of carboxylic acids is 1. The Morgan fingerprint density at radius 3 is 1.79 bits per heavy atom. The molecule has 0 aliphatic rings. The Morgan fingerprint density at radius 1 is 1.00 bits per heavy atom. The van der Waals surface area contributed by atoms with Gasteiger partial charge < -0.3 is 9.84 Å². The molecule has 0 aliphatic carbocycles. The maximum Gasteiger partial charge on any atom is 0.470 e. The molecule has 4 nitrogen and oxygen atoms in total. The molecule has 140 valence electrons. The van der Waals surface area contributed by atoms with Crippen molar-refractivity contribution in [2.75, 3.05) is 0 Å². The minimum atomic E-state index is -6.05. The molecule has 0 radical (unpaired) electrons. The minimum absolute atomic E-state index is 0.0442. The number of hydrogen-bond acceptors (Lipinski definition) is 3. The molecular formula is C12H12F8O4. The first-order chi connectivity index (χ1) is 10.5. The van der Waals surface area contributed by atoms with E-state index in [-0.39, 0.29) is 12.2 Å². The third-order valence-corrected chi connectivity index (χ3v) is 2.85. The van der Waals surface area contributed by atoms with Crippen LogP contribution in [-0.4, -0.2) is 40.9 Å². The fourth-order valence-corrected chi connectivity index (χ4v) is 1.58. The highest BCUT2D eigenvalue weighted by Gasteiger charge is 2.75. The molecule has 0 amide bonds. The highest BCUT2D eigenvalue weighted by Crippen LogP contribution is 2.52. The van der Waals surface area contributed by atoms with E-state index in [9.17, 15) is 44.7 Å². The summed E-state index contributed by atoms with van der Waals surface area (Å²) in [5.41, 5.74) is -4.79. The Morgan fingerprint density at radius 2 is 1.46 bits per heavy atom. The van der Waals surface area contributed by atoms with Gasteiger partial charge in [-0.25, -0.2) is 14.0 Å². The molecular weight excluding hydrogens is 360 g/mol. The van der Waals surface area contributed by atoms with Crippen LogP contribution in [0.1, 0.15) is 20.3 Å². The van der Waals surface area contributed by atoms with Crippen molar-refractivity contribution in [1.82, 2.24) is 0 Å². The van der Waals surface area contributed by atoms with E-state index < -0.39 is 48.2 Å². The van der Waals surface area contributed by atoms with Crippen LogP contribution in [0.2, 0.25) is 0 Å². The summed E-state index contributed by atoms with van der Waals surface area (Å²) in [6.07, 6.45) is -14.7. The molecule has 0 fully saturated rings. The van der Waals surface area contributed by atoms with Crippen LogP contribution in [0.4, 0.5) is 35.1 Å². The van der Waals surface area contributed by atoms with E-state index in [1.807, 2.05) is 0 Å². The van der Waals surface area contributed by atoms with Gasteiger partial charge in [-0.2, -0.15) is 30.7 Å². The summed E-state index contributed by atoms with van der Waals surface area (Å²) in [5.74, 6) is -12.4. The van der Waals surface area contributed by atoms with Crippen molar-refractivity contribution >= 4 is 11.9 Å². The van der Waals surface area contributed by atoms with Gasteiger partial charge in [0, 0.05) is 12.2 Å². The van der Waals surface area contributed by atoms with Crippen LogP contribution in [0.3, 0.4) is 0 Å². The van der Waals surface area contributed by atoms with Gasteiger partial charge in [-0.3, -0.25) is 0 Å². The predicted molar refractivity (Wildman–Crippen MR) is 62.1 cm³/mol. The highest BCUT2D eigenvalue weighted by atomic mass is 19.4. The summed E-state index contributed by atoms with van der Waals surface area (Å²) in [6, 6.07) is 0. The van der Waals surface area contributed by atoms with E-state index in [2.05, 4.69) is 4.74 Å². The fraction of sp³-hybridized carbons (Fsp3) is 0.667. The third-order valence-electron chi connectivity index (χ3n) is 2.85. The summed E-state index contributed by atoms with van der Waals surface area (Å²) in [5, 5.41) is 8.13. The van der Waals surface area contributed by atoms with E-state index in [1.54, 1.807) is 0 Å². The smallest absolute Gasteiger partial charge is 0.470 e. The van der Waals surface area contributed by atoms with Gasteiger partial charge in [-0.15, -0.1) is 0 Å². The van der Waals surface area contributed by atoms with Gasteiger partial charge in [0.05, 0.1) is 6.42 Å². The van der Waals surface area contributed by atoms with Crippen LogP contribution in [0.15, 0.2) is 12.2 Å². The lowest BCUT2D eigenvalue weighted by atomic mass is 9.82. The van der Waals surface area contributed by atoms with Gasteiger partial charge in [0.25, 0.3) is 0 Å². The average Bonchev–Trinajstić information content (AvgIpc) is 2.32. The molecule has 0 aromatic rings. The van der Waals surface area contributed by atoms with Crippen LogP contribution >= 0.6 is 0 Å². The molecule has 24 heavy (non-hydrogen) atoms. The van der Waals surface area contributed by atoms with Crippen molar-refractivity contribution < 1.29 is 54.6 Å². The van der Waals surface area contributed by atoms with Crippen LogP contribution in [0.5, 0.6) is 0 Å². The van der Waals surface area contributed by atoms with Crippen molar-refractivity contribution in [2.24, 2.45) is 5.92 Å². The summed E-state index contributed by atoms with van der Waals surface area (Å²) >= 11 is 0. The molecule has 12 heteroatoms. The van der Waals surface area contributed by atoms with Crippen LogP contribution < -0.4 is 0 Å². The molecule has 0 saturated carbocycles. The van der Waals surface area contributed by atoms with E-state index >= 15 is 0 Å². The van der Waals surface area contributed by atoms with Gasteiger partial charge in [0.1, 0.15) is 0 Å². The van der Waals surface area contributed by atoms with Gasteiger partial charge in [-0.1, -0.05) is 13.8 Å². The Kier molecular flexibility index (Phi) is 6.39. The number of alkyl halides is 8. The number of rotatable bonds is 7. The normalized spacial score (nSPS) is 16.3. The molecule has 0 rings (SSSR count). The van der Waals surface area contributed by atoms with Crippen LogP contribution in [0.25, 0.3) is 0 Å². The molecule has 0 aromatic heterocycles. The largest absolute Gasteiger partial charge is 0.478 e. The number of ether oxygens (including phenoxy) is 1. The number of esters is 1. The minimum Gasteiger partial charge on any atom is -0.478 e. The summed E-state index contributed by atoms with van der Waals surface area (Å²) in [6.45, 7) is 1.03. The number of carbonyl (C=O) groups excluding carboxylic acids is 1. The second-order valence-electron chi connectivity index (χ2n) is 4.99. The topological polar surface area (TPSA) is 63.6 Å². The zero-order valence-corrected chi connectivity index (χ0v) is 12.1. The third kappa shape index (κ3) is 5.06. The maximum atomic E-state index is 14.2. The Hall–Kier alpha value is -1.88. The summed E-state index contributed by atoms with van der Waals surface area (Å²) in [7, 11) is 0. The van der Waals surface area contributed by atoms with Crippen molar-refractivity contribution in [3.05, 3.63) is 12.2 Å². The first-order valence-corrected chi connectivity index (χ1v) is 6.11. The van der Waals surface area contributed by atoms with Crippen molar-refractivity contribution in [1.29, 1.82) is 0 Å². The molecule has 0 heterocycles. The Labute approximate surface area is 130 Å². The van der Waals surface area contributed by atoms with Gasteiger partial charge in [0.15, 0.2) is 5.67 Å². The zero-order chi connectivity index (χ0) is 19.6. The van der Waals surface area contributed by atoms with E-state index in [0.29, 0.717) is 13.8 Å². The number of carboxylic acid groups (broad SMARTS) is 1. The number of aliphatic carboxylic acids is 1. The molecule has 0 bridgehead atoms. The van der Waals surface area contributed by atoms with Crippen LogP contribution in [-0.2, 0) is 14.3 Å². The lowest BCUT2D eigenvalue weighted by Crippen LogP contribution is -2.61. The first-order valence-electron chi connectivity index (χ1n) is 6.11. The highest BCUT2D eigenvalue weighted by molar-refractivity contribution is 5.90. The molecule has 1 atom stereocenters. The fourth-order valence-electron chi connectivity index (χ4n) is 1.58. The standard InChI is InChI=1S/C12H12F8O4/c1-6(2)9(13,5-10(14,15)16)11(17,18)12(19,20)24-8(23)4-3-7(21)22/h3-4,6H,5H2,1-2H3,(H,21,22). The molecule has 0 saturated heterocycles. The predicted octanol–water partition coefficient (Wildman–Crippen LogP) is 3.72. The maximum absolute atomic E-state index is 14.2. The average molecular weight is 372 g/mol. The first kappa shape index (κ1) is 22.1. The van der Waals surface area contributed by atoms with E-state index in [4.69, 9.17) is 5.11 Å². The summed E-state index contributed by atoms with van der Waals surface area (Å²) < 4.78 is 108. The van der Waals surface area contributed by atoms with E-state index in [1.165, 1.54) is 0 Å². The molecule has 1 N–H and O–H groups in total. The Balaban J connectivity index is 5.70. The lowest BCUT2D eigenvalue weighted by Gasteiger charge is -2.39. The lowest BCUT2D eigenvalue weighted by molar-refractivity contribution is -0.376.